The van der Waals surface area contributed by atoms with Gasteiger partial charge in [0.25, 0.3) is 0 Å². The van der Waals surface area contributed by atoms with Gasteiger partial charge >= 0.3 is 13.3 Å². The van der Waals surface area contributed by atoms with E-state index < -0.39 is 30.1 Å². The van der Waals surface area contributed by atoms with Crippen molar-refractivity contribution < 1.29 is 22.5 Å². The lowest BCUT2D eigenvalue weighted by atomic mass is 9.77. The maximum Gasteiger partial charge on any atom is 0.494 e. The van der Waals surface area contributed by atoms with Gasteiger partial charge in [0, 0.05) is 0 Å². The molecule has 1 aromatic carbocycles. The summed E-state index contributed by atoms with van der Waals surface area (Å²) in [5.74, 6) is 0. The average molecular weight is 286 g/mol. The number of halogens is 3. The molecule has 6 heteroatoms. The lowest BCUT2D eigenvalue weighted by molar-refractivity contribution is -0.138. The number of rotatable bonds is 1. The van der Waals surface area contributed by atoms with E-state index in [1.165, 1.54) is 13.0 Å². The fourth-order valence-corrected chi connectivity index (χ4v) is 2.07. The van der Waals surface area contributed by atoms with Gasteiger partial charge in [-0.25, -0.2) is 0 Å². The molecule has 0 spiro atoms. The SMILES string of the molecule is Cc1ccc(B2OC(C)(C)C(C)(C)O2)cc1C(F)(F)F. The fourth-order valence-electron chi connectivity index (χ4n) is 2.07. The zero-order valence-corrected chi connectivity index (χ0v) is 12.3. The van der Waals surface area contributed by atoms with E-state index in [1.54, 1.807) is 6.07 Å². The molecule has 0 aliphatic carbocycles. The van der Waals surface area contributed by atoms with Crippen molar-refractivity contribution in [2.24, 2.45) is 0 Å². The van der Waals surface area contributed by atoms with Crippen LogP contribution in [0.5, 0.6) is 0 Å². The Balaban J connectivity index is 2.37. The topological polar surface area (TPSA) is 18.5 Å². The summed E-state index contributed by atoms with van der Waals surface area (Å²) >= 11 is 0. The molecule has 1 fully saturated rings. The molecule has 2 rings (SSSR count). The van der Waals surface area contributed by atoms with Crippen molar-refractivity contribution in [2.45, 2.75) is 52.0 Å². The number of hydrogen-bond donors (Lipinski definition) is 0. The molecule has 0 bridgehead atoms. The van der Waals surface area contributed by atoms with Crippen molar-refractivity contribution in [3.05, 3.63) is 29.3 Å². The second-order valence-corrected chi connectivity index (χ2v) is 6.16. The fraction of sp³-hybridized carbons (Fsp3) is 0.571. The van der Waals surface area contributed by atoms with E-state index in [2.05, 4.69) is 0 Å². The van der Waals surface area contributed by atoms with E-state index in [-0.39, 0.29) is 5.56 Å². The van der Waals surface area contributed by atoms with Crippen molar-refractivity contribution in [1.82, 2.24) is 0 Å². The normalized spacial score (nSPS) is 21.3. The van der Waals surface area contributed by atoms with Crippen LogP contribution in [-0.2, 0) is 15.5 Å². The summed E-state index contributed by atoms with van der Waals surface area (Å²) in [6.07, 6.45) is -4.37. The largest absolute Gasteiger partial charge is 0.494 e. The Morgan fingerprint density at radius 1 is 1.00 bits per heavy atom. The van der Waals surface area contributed by atoms with E-state index in [4.69, 9.17) is 9.31 Å². The van der Waals surface area contributed by atoms with Gasteiger partial charge in [-0.2, -0.15) is 13.2 Å². The van der Waals surface area contributed by atoms with Crippen molar-refractivity contribution in [3.8, 4) is 0 Å². The average Bonchev–Trinajstić information content (AvgIpc) is 2.47. The van der Waals surface area contributed by atoms with Gasteiger partial charge < -0.3 is 9.31 Å². The summed E-state index contributed by atoms with van der Waals surface area (Å²) in [6.45, 7) is 8.91. The first-order valence-electron chi connectivity index (χ1n) is 6.47. The lowest BCUT2D eigenvalue weighted by Crippen LogP contribution is -2.41. The standard InChI is InChI=1S/C14H18BF3O2/c1-9-6-7-10(8-11(9)14(16,17)18)15-19-12(2,3)13(4,5)20-15/h6-8H,1-5H3. The highest BCUT2D eigenvalue weighted by Gasteiger charge is 2.52. The second kappa shape index (κ2) is 4.50. The van der Waals surface area contributed by atoms with Gasteiger partial charge in [-0.1, -0.05) is 12.1 Å². The summed E-state index contributed by atoms with van der Waals surface area (Å²) in [5.41, 5.74) is -1.20. The summed E-state index contributed by atoms with van der Waals surface area (Å²) in [6, 6.07) is 4.17. The summed E-state index contributed by atoms with van der Waals surface area (Å²) in [7, 11) is -0.776. The van der Waals surface area contributed by atoms with Crippen LogP contribution in [0.4, 0.5) is 13.2 Å². The lowest BCUT2D eigenvalue weighted by Gasteiger charge is -2.32. The van der Waals surface area contributed by atoms with Crippen molar-refractivity contribution in [1.29, 1.82) is 0 Å². The second-order valence-electron chi connectivity index (χ2n) is 6.16. The van der Waals surface area contributed by atoms with Crippen LogP contribution < -0.4 is 5.46 Å². The van der Waals surface area contributed by atoms with Crippen molar-refractivity contribution in [2.75, 3.05) is 0 Å². The molecule has 0 N–H and O–H groups in total. The van der Waals surface area contributed by atoms with Gasteiger partial charge in [-0.15, -0.1) is 0 Å². The number of alkyl halides is 3. The van der Waals surface area contributed by atoms with E-state index in [0.29, 0.717) is 5.46 Å². The zero-order chi connectivity index (χ0) is 15.3. The molecule has 1 heterocycles. The van der Waals surface area contributed by atoms with Crippen LogP contribution in [0.25, 0.3) is 0 Å². The van der Waals surface area contributed by atoms with Gasteiger partial charge in [0.15, 0.2) is 0 Å². The predicted octanol–water partition coefficient (Wildman–Crippen LogP) is 3.31. The van der Waals surface area contributed by atoms with E-state index in [1.807, 2.05) is 27.7 Å². The maximum absolute atomic E-state index is 12.9. The third-order valence-corrected chi connectivity index (χ3v) is 4.09. The molecule has 1 aromatic rings. The Hall–Kier alpha value is -1.01. The summed E-state index contributed by atoms with van der Waals surface area (Å²) in [4.78, 5) is 0. The van der Waals surface area contributed by atoms with Crippen LogP contribution in [0, 0.1) is 6.92 Å². The molecule has 0 saturated carbocycles. The molecule has 20 heavy (non-hydrogen) atoms. The first-order valence-corrected chi connectivity index (χ1v) is 6.47. The summed E-state index contributed by atoms with van der Waals surface area (Å²) in [5, 5.41) is 0. The van der Waals surface area contributed by atoms with Crippen LogP contribution in [0.1, 0.15) is 38.8 Å². The minimum absolute atomic E-state index is 0.192. The molecule has 0 atom stereocenters. The van der Waals surface area contributed by atoms with Gasteiger partial charge in [0.1, 0.15) is 0 Å². The van der Waals surface area contributed by atoms with Crippen LogP contribution >= 0.6 is 0 Å². The van der Waals surface area contributed by atoms with Crippen LogP contribution in [0.15, 0.2) is 18.2 Å². The smallest absolute Gasteiger partial charge is 0.399 e. The first-order chi connectivity index (χ1) is 8.94. The van der Waals surface area contributed by atoms with Crippen LogP contribution in [-0.4, -0.2) is 18.3 Å². The highest BCUT2D eigenvalue weighted by atomic mass is 19.4. The third-order valence-electron chi connectivity index (χ3n) is 4.09. The molecule has 1 aliphatic heterocycles. The highest BCUT2D eigenvalue weighted by molar-refractivity contribution is 6.62. The maximum atomic E-state index is 12.9. The molecular formula is C14H18BF3O2. The van der Waals surface area contributed by atoms with Gasteiger partial charge in [-0.3, -0.25) is 0 Å². The van der Waals surface area contributed by atoms with Crippen LogP contribution in [0.2, 0.25) is 0 Å². The highest BCUT2D eigenvalue weighted by Crippen LogP contribution is 2.37. The Morgan fingerprint density at radius 3 is 1.95 bits per heavy atom. The van der Waals surface area contributed by atoms with Crippen molar-refractivity contribution in [3.63, 3.8) is 0 Å². The van der Waals surface area contributed by atoms with E-state index >= 15 is 0 Å². The molecule has 110 valence electrons. The quantitative estimate of drug-likeness (QED) is 0.737. The molecule has 0 aromatic heterocycles. The Bertz CT molecular complexity index is 508. The number of benzene rings is 1. The number of hydrogen-bond acceptors (Lipinski definition) is 2. The van der Waals surface area contributed by atoms with Gasteiger partial charge in [0.05, 0.1) is 16.8 Å². The number of aryl methyl sites for hydroxylation is 1. The van der Waals surface area contributed by atoms with Gasteiger partial charge in [0.2, 0.25) is 0 Å². The zero-order valence-electron chi connectivity index (χ0n) is 12.3. The van der Waals surface area contributed by atoms with E-state index in [9.17, 15) is 13.2 Å². The molecule has 0 amide bonds. The van der Waals surface area contributed by atoms with Gasteiger partial charge in [-0.05, 0) is 51.7 Å². The molecule has 1 aliphatic rings. The summed E-state index contributed by atoms with van der Waals surface area (Å²) < 4.78 is 50.4. The molecular weight excluding hydrogens is 268 g/mol. The van der Waals surface area contributed by atoms with Crippen molar-refractivity contribution >= 4 is 12.6 Å². The predicted molar refractivity (Wildman–Crippen MR) is 71.9 cm³/mol. The Labute approximate surface area is 117 Å². The Kier molecular flexibility index (Phi) is 3.46. The monoisotopic (exact) mass is 286 g/mol. The molecule has 0 unspecified atom stereocenters. The van der Waals surface area contributed by atoms with Crippen LogP contribution in [0.3, 0.4) is 0 Å². The third kappa shape index (κ3) is 2.59. The minimum Gasteiger partial charge on any atom is -0.399 e. The minimum atomic E-state index is -4.37. The molecule has 1 saturated heterocycles. The molecule has 2 nitrogen and oxygen atoms in total. The van der Waals surface area contributed by atoms with E-state index in [0.717, 1.165) is 6.07 Å². The first kappa shape index (κ1) is 15.4. The molecule has 0 radical (unpaired) electrons. The Morgan fingerprint density at radius 2 is 1.50 bits per heavy atom.